The third-order valence-corrected chi connectivity index (χ3v) is 5.01. The number of benzene rings is 1. The maximum Gasteiger partial charge on any atom is 0.167 e. The summed E-state index contributed by atoms with van der Waals surface area (Å²) >= 11 is 0. The van der Waals surface area contributed by atoms with Crippen molar-refractivity contribution in [3.63, 3.8) is 0 Å². The van der Waals surface area contributed by atoms with Crippen LogP contribution in [0.3, 0.4) is 0 Å². The van der Waals surface area contributed by atoms with Gasteiger partial charge in [0.05, 0.1) is 19.1 Å². The molecule has 0 radical (unpaired) electrons. The number of ether oxygens (including phenoxy) is 2. The Balaban J connectivity index is 2.23. The molecular weight excluding hydrogens is 316 g/mol. The molecule has 0 saturated carbocycles. The van der Waals surface area contributed by atoms with Crippen molar-refractivity contribution in [3.05, 3.63) is 40.5 Å². The Morgan fingerprint density at radius 1 is 1.16 bits per heavy atom. The molecule has 0 aliphatic heterocycles. The lowest BCUT2D eigenvalue weighted by molar-refractivity contribution is -0.129. The molecule has 2 aliphatic rings. The maximum atomic E-state index is 12.5. The van der Waals surface area contributed by atoms with Crippen LogP contribution in [-0.2, 0) is 9.59 Å². The average molecular weight is 340 g/mol. The molecule has 4 nitrogen and oxygen atoms in total. The van der Waals surface area contributed by atoms with Gasteiger partial charge in [0.1, 0.15) is 5.78 Å². The van der Waals surface area contributed by atoms with Crippen molar-refractivity contribution in [2.45, 2.75) is 46.6 Å². The van der Waals surface area contributed by atoms with Crippen LogP contribution in [0.1, 0.15) is 51.7 Å². The van der Waals surface area contributed by atoms with Crippen molar-refractivity contribution in [3.8, 4) is 11.5 Å². The molecule has 3 rings (SSSR count). The highest BCUT2D eigenvalue weighted by molar-refractivity contribution is 6.11. The second kappa shape index (κ2) is 6.17. The van der Waals surface area contributed by atoms with Gasteiger partial charge in [0.15, 0.2) is 17.3 Å². The van der Waals surface area contributed by atoms with Crippen molar-refractivity contribution in [1.82, 2.24) is 0 Å². The normalized spacial score (nSPS) is 21.9. The van der Waals surface area contributed by atoms with E-state index in [2.05, 4.69) is 0 Å². The fourth-order valence-electron chi connectivity index (χ4n) is 4.06. The van der Waals surface area contributed by atoms with Gasteiger partial charge in [-0.15, -0.1) is 0 Å². The molecule has 2 atom stereocenters. The molecule has 0 aromatic heterocycles. The zero-order valence-electron chi connectivity index (χ0n) is 15.6. The van der Waals surface area contributed by atoms with E-state index in [1.165, 1.54) is 6.92 Å². The van der Waals surface area contributed by atoms with E-state index in [-0.39, 0.29) is 23.6 Å². The van der Waals surface area contributed by atoms with Crippen molar-refractivity contribution in [2.24, 2.45) is 5.92 Å². The van der Waals surface area contributed by atoms with Crippen molar-refractivity contribution < 1.29 is 19.1 Å². The summed E-state index contributed by atoms with van der Waals surface area (Å²) in [7, 11) is 1.60. The molecule has 2 unspecified atom stereocenters. The first kappa shape index (κ1) is 17.5. The van der Waals surface area contributed by atoms with Gasteiger partial charge in [-0.3, -0.25) is 9.59 Å². The summed E-state index contributed by atoms with van der Waals surface area (Å²) in [6.07, 6.45) is 1.63. The van der Waals surface area contributed by atoms with E-state index >= 15 is 0 Å². The second-order valence-corrected chi connectivity index (χ2v) is 7.09. The average Bonchev–Trinajstić information content (AvgIpc) is 2.78. The summed E-state index contributed by atoms with van der Waals surface area (Å²) in [5.74, 6) is 0.216. The standard InChI is InChI=1S/C21H24O4/c1-10(2)25-18-8-14-12(4)19-11(3)7-16(23)20(13(5)22)21(19)15(14)9-17(18)24-6/h7-10,20-21H,1-6H3. The van der Waals surface area contributed by atoms with Crippen LogP contribution < -0.4 is 9.47 Å². The van der Waals surface area contributed by atoms with Gasteiger partial charge in [-0.05, 0) is 80.7 Å². The highest BCUT2D eigenvalue weighted by atomic mass is 16.5. The first-order valence-corrected chi connectivity index (χ1v) is 8.59. The van der Waals surface area contributed by atoms with Crippen LogP contribution in [-0.4, -0.2) is 24.8 Å². The number of hydrogen-bond acceptors (Lipinski definition) is 4. The highest BCUT2D eigenvalue weighted by Gasteiger charge is 2.44. The molecule has 2 aliphatic carbocycles. The SMILES string of the molecule is COc1cc2c(cc1OC(C)C)C(C)=C1C(C)=CC(=O)C(C(C)=O)C12. The summed E-state index contributed by atoms with van der Waals surface area (Å²) in [5.41, 5.74) is 5.13. The van der Waals surface area contributed by atoms with Crippen LogP contribution in [0.5, 0.6) is 11.5 Å². The minimum atomic E-state index is -0.656. The quantitative estimate of drug-likeness (QED) is 0.775. The fourth-order valence-corrected chi connectivity index (χ4v) is 4.06. The monoisotopic (exact) mass is 340 g/mol. The molecular formula is C21H24O4. The van der Waals surface area contributed by atoms with Crippen LogP contribution in [0, 0.1) is 5.92 Å². The molecule has 0 saturated heterocycles. The Morgan fingerprint density at radius 2 is 1.84 bits per heavy atom. The topological polar surface area (TPSA) is 52.6 Å². The maximum absolute atomic E-state index is 12.5. The highest BCUT2D eigenvalue weighted by Crippen LogP contribution is 2.53. The van der Waals surface area contributed by atoms with Crippen LogP contribution in [0.25, 0.3) is 5.57 Å². The molecule has 0 spiro atoms. The van der Waals surface area contributed by atoms with Gasteiger partial charge in [-0.2, -0.15) is 0 Å². The summed E-state index contributed by atoms with van der Waals surface area (Å²) < 4.78 is 11.4. The molecule has 0 heterocycles. The summed E-state index contributed by atoms with van der Waals surface area (Å²) in [4.78, 5) is 24.7. The Bertz CT molecular complexity index is 827. The van der Waals surface area contributed by atoms with E-state index in [0.717, 1.165) is 27.8 Å². The Kier molecular flexibility index (Phi) is 4.31. The molecule has 0 fully saturated rings. The lowest BCUT2D eigenvalue weighted by Crippen LogP contribution is -2.31. The van der Waals surface area contributed by atoms with Gasteiger partial charge < -0.3 is 9.47 Å². The number of allylic oxidation sites excluding steroid dienone is 4. The molecule has 0 bridgehead atoms. The summed E-state index contributed by atoms with van der Waals surface area (Å²) in [5, 5.41) is 0. The lowest BCUT2D eigenvalue weighted by Gasteiger charge is -2.28. The Hall–Kier alpha value is -2.36. The molecule has 4 heteroatoms. The van der Waals surface area contributed by atoms with Crippen LogP contribution in [0.4, 0.5) is 0 Å². The third-order valence-electron chi connectivity index (χ3n) is 5.01. The largest absolute Gasteiger partial charge is 0.493 e. The van der Waals surface area contributed by atoms with E-state index in [4.69, 9.17) is 9.47 Å². The zero-order valence-corrected chi connectivity index (χ0v) is 15.6. The smallest absolute Gasteiger partial charge is 0.167 e. The number of methoxy groups -OCH3 is 1. The lowest BCUT2D eigenvalue weighted by atomic mass is 9.72. The first-order valence-electron chi connectivity index (χ1n) is 8.59. The van der Waals surface area contributed by atoms with Crippen LogP contribution in [0.15, 0.2) is 29.4 Å². The number of carbonyl (C=O) groups is 2. The molecule has 25 heavy (non-hydrogen) atoms. The number of Topliss-reactive ketones (excluding diaryl/α,β-unsaturated/α-hetero) is 1. The van der Waals surface area contributed by atoms with E-state index in [0.29, 0.717) is 11.5 Å². The number of rotatable bonds is 4. The van der Waals surface area contributed by atoms with Gasteiger partial charge in [0.25, 0.3) is 0 Å². The Morgan fingerprint density at radius 3 is 2.40 bits per heavy atom. The zero-order chi connectivity index (χ0) is 18.5. The number of hydrogen-bond donors (Lipinski definition) is 0. The number of fused-ring (bicyclic) bond motifs is 3. The van der Waals surface area contributed by atoms with Crippen molar-refractivity contribution in [2.75, 3.05) is 7.11 Å². The minimum absolute atomic E-state index is 0.0248. The minimum Gasteiger partial charge on any atom is -0.493 e. The Labute approximate surface area is 148 Å². The van der Waals surface area contributed by atoms with E-state index in [1.807, 2.05) is 39.8 Å². The van der Waals surface area contributed by atoms with Gasteiger partial charge in [-0.1, -0.05) is 0 Å². The van der Waals surface area contributed by atoms with Gasteiger partial charge in [-0.25, -0.2) is 0 Å². The number of carbonyl (C=O) groups excluding carboxylic acids is 2. The van der Waals surface area contributed by atoms with Crippen molar-refractivity contribution >= 4 is 17.1 Å². The predicted octanol–water partition coefficient (Wildman–Crippen LogP) is 4.09. The summed E-state index contributed by atoms with van der Waals surface area (Å²) in [6, 6.07) is 3.90. The molecule has 1 aromatic rings. The molecule has 0 amide bonds. The van der Waals surface area contributed by atoms with Crippen LogP contribution in [0.2, 0.25) is 0 Å². The predicted molar refractivity (Wildman–Crippen MR) is 97.0 cm³/mol. The van der Waals surface area contributed by atoms with Gasteiger partial charge in [0, 0.05) is 5.92 Å². The molecule has 1 aromatic carbocycles. The van der Waals surface area contributed by atoms with E-state index in [9.17, 15) is 9.59 Å². The molecule has 0 N–H and O–H groups in total. The van der Waals surface area contributed by atoms with Gasteiger partial charge >= 0.3 is 0 Å². The van der Waals surface area contributed by atoms with E-state index < -0.39 is 5.92 Å². The third kappa shape index (κ3) is 2.70. The molecule has 132 valence electrons. The van der Waals surface area contributed by atoms with E-state index in [1.54, 1.807) is 13.2 Å². The van der Waals surface area contributed by atoms with Crippen molar-refractivity contribution in [1.29, 1.82) is 0 Å². The fraction of sp³-hybridized carbons (Fsp3) is 0.429. The number of ketones is 2. The second-order valence-electron chi connectivity index (χ2n) is 7.09. The van der Waals surface area contributed by atoms with Gasteiger partial charge in [0.2, 0.25) is 0 Å². The first-order chi connectivity index (χ1) is 11.8. The van der Waals surface area contributed by atoms with Crippen LogP contribution >= 0.6 is 0 Å². The summed E-state index contributed by atoms with van der Waals surface area (Å²) in [6.45, 7) is 9.42.